The summed E-state index contributed by atoms with van der Waals surface area (Å²) in [6.45, 7) is 1.38. The number of nitrogens with two attached hydrogens (primary N) is 2. The second-order valence-corrected chi connectivity index (χ2v) is 4.34. The summed E-state index contributed by atoms with van der Waals surface area (Å²) in [6.07, 6.45) is -4.00. The van der Waals surface area contributed by atoms with Gasteiger partial charge in [0.1, 0.15) is 0 Å². The molecule has 0 aromatic heterocycles. The van der Waals surface area contributed by atoms with Crippen LogP contribution in [0.15, 0.2) is 0 Å². The largest absolute Gasteiger partial charge is 0.477 e. The van der Waals surface area contributed by atoms with Gasteiger partial charge in [-0.2, -0.15) is 0 Å². The Morgan fingerprint density at radius 1 is 1.59 bits per heavy atom. The number of aliphatic hydroxyl groups excluding tert-OH is 2. The van der Waals surface area contributed by atoms with Gasteiger partial charge in [0.25, 0.3) is 5.79 Å². The lowest BCUT2D eigenvalue weighted by Crippen LogP contribution is -2.66. The van der Waals surface area contributed by atoms with E-state index in [1.165, 1.54) is 6.92 Å². The minimum absolute atomic E-state index is 0.549. The first kappa shape index (κ1) is 14.3. The summed E-state index contributed by atoms with van der Waals surface area (Å²) in [4.78, 5) is 10.8. The molecule has 8 heteroatoms. The molecule has 0 aromatic carbocycles. The molecule has 0 bridgehead atoms. The quantitative estimate of drug-likeness (QED) is 0.308. The fourth-order valence-corrected chi connectivity index (χ4v) is 1.74. The summed E-state index contributed by atoms with van der Waals surface area (Å²) in [6, 6.07) is -1.98. The Labute approximate surface area is 97.8 Å². The molecule has 17 heavy (non-hydrogen) atoms. The van der Waals surface area contributed by atoms with Gasteiger partial charge in [-0.15, -0.1) is 0 Å². The van der Waals surface area contributed by atoms with Crippen molar-refractivity contribution in [1.29, 1.82) is 0 Å². The normalized spacial score (nSPS) is 41.9. The van der Waals surface area contributed by atoms with Crippen molar-refractivity contribution in [3.63, 3.8) is 0 Å². The van der Waals surface area contributed by atoms with Gasteiger partial charge in [-0.1, -0.05) is 0 Å². The topological polar surface area (TPSA) is 159 Å². The Morgan fingerprint density at radius 3 is 2.53 bits per heavy atom. The molecule has 100 valence electrons. The van der Waals surface area contributed by atoms with Crippen LogP contribution in [-0.2, 0) is 9.53 Å². The zero-order chi connectivity index (χ0) is 13.4. The van der Waals surface area contributed by atoms with Gasteiger partial charge < -0.3 is 36.6 Å². The maximum Gasteiger partial charge on any atom is 0.364 e. The molecule has 1 saturated heterocycles. The molecule has 1 unspecified atom stereocenters. The summed E-state index contributed by atoms with van der Waals surface area (Å²) in [5.74, 6) is -4.17. The summed E-state index contributed by atoms with van der Waals surface area (Å²) in [5, 5.41) is 37.4. The number of aliphatic hydroxyl groups is 3. The number of hydrogen-bond acceptors (Lipinski definition) is 7. The van der Waals surface area contributed by atoms with Gasteiger partial charge in [0, 0.05) is 6.42 Å². The third kappa shape index (κ3) is 2.73. The molecular weight excluding hydrogens is 232 g/mol. The lowest BCUT2D eigenvalue weighted by Gasteiger charge is -2.43. The van der Waals surface area contributed by atoms with Crippen LogP contribution in [0.3, 0.4) is 0 Å². The number of ether oxygens (including phenoxy) is 1. The predicted molar refractivity (Wildman–Crippen MR) is 55.7 cm³/mol. The molecule has 0 amide bonds. The molecule has 1 rings (SSSR count). The van der Waals surface area contributed by atoms with E-state index in [0.717, 1.165) is 0 Å². The van der Waals surface area contributed by atoms with E-state index in [-0.39, 0.29) is 0 Å². The molecule has 0 spiro atoms. The first-order valence-corrected chi connectivity index (χ1v) is 5.20. The zero-order valence-corrected chi connectivity index (χ0v) is 9.35. The van der Waals surface area contributed by atoms with Crippen molar-refractivity contribution < 1.29 is 30.0 Å². The first-order chi connectivity index (χ1) is 7.69. The van der Waals surface area contributed by atoms with Crippen LogP contribution < -0.4 is 11.5 Å². The molecule has 0 saturated carbocycles. The van der Waals surface area contributed by atoms with Crippen LogP contribution in [0.5, 0.6) is 0 Å². The number of aliphatic carboxylic acids is 1. The van der Waals surface area contributed by atoms with Crippen molar-refractivity contribution in [3.8, 4) is 0 Å². The predicted octanol–water partition coefficient (Wildman–Crippen LogP) is -3.06. The number of carboxylic acid groups (broad SMARTS) is 1. The van der Waals surface area contributed by atoms with Crippen LogP contribution in [0.1, 0.15) is 13.3 Å². The van der Waals surface area contributed by atoms with Crippen molar-refractivity contribution in [2.24, 2.45) is 11.5 Å². The van der Waals surface area contributed by atoms with E-state index in [4.69, 9.17) is 21.3 Å². The summed E-state index contributed by atoms with van der Waals surface area (Å²) >= 11 is 0. The Bertz CT molecular complexity index is 295. The van der Waals surface area contributed by atoms with Crippen molar-refractivity contribution in [1.82, 2.24) is 0 Å². The average Bonchev–Trinajstić information content (AvgIpc) is 2.22. The number of rotatable bonds is 3. The lowest BCUT2D eigenvalue weighted by atomic mass is 9.89. The summed E-state index contributed by atoms with van der Waals surface area (Å²) in [5.41, 5.74) is 11.2. The van der Waals surface area contributed by atoms with Crippen LogP contribution >= 0.6 is 0 Å². The van der Waals surface area contributed by atoms with E-state index in [2.05, 4.69) is 0 Å². The molecule has 0 aliphatic carbocycles. The van der Waals surface area contributed by atoms with E-state index in [0.29, 0.717) is 0 Å². The third-order valence-electron chi connectivity index (χ3n) is 2.91. The summed E-state index contributed by atoms with van der Waals surface area (Å²) in [7, 11) is 0. The first-order valence-electron chi connectivity index (χ1n) is 5.20. The molecular formula is C9H18N2O6. The molecule has 0 radical (unpaired) electrons. The molecule has 8 nitrogen and oxygen atoms in total. The van der Waals surface area contributed by atoms with Gasteiger partial charge in [0.2, 0.25) is 0 Å². The number of carbonyl (C=O) groups is 1. The molecule has 1 aliphatic rings. The van der Waals surface area contributed by atoms with Gasteiger partial charge in [-0.05, 0) is 6.92 Å². The molecule has 0 aromatic rings. The smallest absolute Gasteiger partial charge is 0.364 e. The Balaban J connectivity index is 2.93. The van der Waals surface area contributed by atoms with Crippen LogP contribution in [0, 0.1) is 0 Å². The number of hydrogen-bond donors (Lipinski definition) is 6. The highest BCUT2D eigenvalue weighted by Crippen LogP contribution is 2.28. The van der Waals surface area contributed by atoms with E-state index < -0.39 is 48.6 Å². The fraction of sp³-hybridized carbons (Fsp3) is 0.889. The molecule has 1 aliphatic heterocycles. The maximum absolute atomic E-state index is 10.8. The Hall–Kier alpha value is -0.770. The summed E-state index contributed by atoms with van der Waals surface area (Å²) < 4.78 is 4.93. The van der Waals surface area contributed by atoms with E-state index in [1.807, 2.05) is 0 Å². The Morgan fingerprint density at radius 2 is 2.12 bits per heavy atom. The highest BCUT2D eigenvalue weighted by Gasteiger charge is 2.51. The zero-order valence-electron chi connectivity index (χ0n) is 9.35. The van der Waals surface area contributed by atoms with Crippen LogP contribution in [0.4, 0.5) is 0 Å². The van der Waals surface area contributed by atoms with Crippen LogP contribution in [-0.4, -0.2) is 62.6 Å². The Kier molecular flexibility index (Phi) is 4.07. The second kappa shape index (κ2) is 4.84. The van der Waals surface area contributed by atoms with E-state index in [1.54, 1.807) is 0 Å². The van der Waals surface area contributed by atoms with Crippen molar-refractivity contribution in [3.05, 3.63) is 0 Å². The SMILES string of the molecule is C[C@H](O)[C@@H](N)[C@@H]1OC(O)(C(=O)O)C[C@H](O)[C@H]1N. The highest BCUT2D eigenvalue weighted by molar-refractivity contribution is 5.75. The molecule has 8 N–H and O–H groups in total. The standard InChI is InChI=1S/C9H18N2O6/c1-3(12)5(10)7-6(11)4(13)2-9(16,17-7)8(14)15/h3-7,12-13,16H,2,10-11H2,1H3,(H,14,15)/t3-,4-,5+,6+,7-,9?/m0/s1. The average molecular weight is 250 g/mol. The van der Waals surface area contributed by atoms with Crippen molar-refractivity contribution >= 4 is 5.97 Å². The second-order valence-electron chi connectivity index (χ2n) is 4.34. The minimum atomic E-state index is -2.54. The number of carboxylic acids is 1. The molecule has 1 heterocycles. The monoisotopic (exact) mass is 250 g/mol. The van der Waals surface area contributed by atoms with Gasteiger partial charge in [-0.25, -0.2) is 4.79 Å². The highest BCUT2D eigenvalue weighted by atomic mass is 16.7. The van der Waals surface area contributed by atoms with Gasteiger partial charge in [0.15, 0.2) is 0 Å². The molecule has 6 atom stereocenters. The van der Waals surface area contributed by atoms with E-state index in [9.17, 15) is 20.1 Å². The minimum Gasteiger partial charge on any atom is -0.477 e. The van der Waals surface area contributed by atoms with Crippen molar-refractivity contribution in [2.45, 2.75) is 49.5 Å². The third-order valence-corrected chi connectivity index (χ3v) is 2.91. The lowest BCUT2D eigenvalue weighted by molar-refractivity contribution is -0.279. The van der Waals surface area contributed by atoms with Crippen molar-refractivity contribution in [2.75, 3.05) is 0 Å². The van der Waals surface area contributed by atoms with Gasteiger partial charge in [-0.3, -0.25) is 0 Å². The maximum atomic E-state index is 10.8. The van der Waals surface area contributed by atoms with E-state index >= 15 is 0 Å². The van der Waals surface area contributed by atoms with Crippen LogP contribution in [0.25, 0.3) is 0 Å². The van der Waals surface area contributed by atoms with Gasteiger partial charge in [0.05, 0.1) is 30.4 Å². The van der Waals surface area contributed by atoms with Crippen LogP contribution in [0.2, 0.25) is 0 Å². The van der Waals surface area contributed by atoms with Gasteiger partial charge >= 0.3 is 5.97 Å². The fourth-order valence-electron chi connectivity index (χ4n) is 1.74. The molecule has 1 fully saturated rings.